The number of para-hydroxylation sites is 1. The van der Waals surface area contributed by atoms with Crippen LogP contribution in [0.2, 0.25) is 5.02 Å². The van der Waals surface area contributed by atoms with Crippen LogP contribution in [0.4, 0.5) is 0 Å². The summed E-state index contributed by atoms with van der Waals surface area (Å²) in [4.78, 5) is 0. The highest BCUT2D eigenvalue weighted by atomic mass is 35.5. The third-order valence-corrected chi connectivity index (χ3v) is 2.63. The van der Waals surface area contributed by atoms with Crippen molar-refractivity contribution in [3.05, 3.63) is 53.1 Å². The van der Waals surface area contributed by atoms with Crippen molar-refractivity contribution in [1.82, 2.24) is 0 Å². The molecule has 15 heavy (non-hydrogen) atoms. The number of hydrogen-bond acceptors (Lipinski definition) is 1. The average Bonchev–Trinajstić information content (AvgIpc) is 2.20. The van der Waals surface area contributed by atoms with E-state index in [0.717, 1.165) is 16.7 Å². The number of halogens is 1. The summed E-state index contributed by atoms with van der Waals surface area (Å²) in [6, 6.07) is 13.0. The minimum atomic E-state index is 0.253. The molecule has 2 rings (SSSR count). The van der Waals surface area contributed by atoms with E-state index in [1.165, 1.54) is 0 Å². The SMILES string of the molecule is Cc1ccc(-c2ccccc2O)c(Cl)c1. The van der Waals surface area contributed by atoms with Gasteiger partial charge >= 0.3 is 0 Å². The Bertz CT molecular complexity index is 492. The Balaban J connectivity index is 2.60. The Morgan fingerprint density at radius 1 is 1.00 bits per heavy atom. The Morgan fingerprint density at radius 2 is 1.73 bits per heavy atom. The molecule has 0 heterocycles. The average molecular weight is 219 g/mol. The number of rotatable bonds is 1. The molecule has 0 aliphatic carbocycles. The van der Waals surface area contributed by atoms with Crippen LogP contribution in [0.15, 0.2) is 42.5 Å². The van der Waals surface area contributed by atoms with Crippen LogP contribution in [0.5, 0.6) is 5.75 Å². The first kappa shape index (κ1) is 10.1. The van der Waals surface area contributed by atoms with E-state index in [-0.39, 0.29) is 5.75 Å². The lowest BCUT2D eigenvalue weighted by Crippen LogP contribution is -1.81. The third-order valence-electron chi connectivity index (χ3n) is 2.32. The van der Waals surface area contributed by atoms with E-state index in [4.69, 9.17) is 11.6 Å². The molecule has 1 N–H and O–H groups in total. The van der Waals surface area contributed by atoms with E-state index < -0.39 is 0 Å². The molecule has 2 aromatic carbocycles. The van der Waals surface area contributed by atoms with Gasteiger partial charge in [0.2, 0.25) is 0 Å². The summed E-state index contributed by atoms with van der Waals surface area (Å²) in [6.07, 6.45) is 0. The second-order valence-corrected chi connectivity index (χ2v) is 3.91. The van der Waals surface area contributed by atoms with E-state index in [1.54, 1.807) is 12.1 Å². The molecule has 0 spiro atoms. The minimum Gasteiger partial charge on any atom is -0.507 e. The van der Waals surface area contributed by atoms with Crippen molar-refractivity contribution in [2.75, 3.05) is 0 Å². The van der Waals surface area contributed by atoms with Crippen LogP contribution in [0.25, 0.3) is 11.1 Å². The molecule has 2 heteroatoms. The molecular formula is C13H11ClO. The molecule has 0 aliphatic heterocycles. The minimum absolute atomic E-state index is 0.253. The topological polar surface area (TPSA) is 20.2 Å². The Labute approximate surface area is 94.0 Å². The lowest BCUT2D eigenvalue weighted by Gasteiger charge is -2.07. The zero-order valence-corrected chi connectivity index (χ0v) is 9.12. The summed E-state index contributed by atoms with van der Waals surface area (Å²) < 4.78 is 0. The quantitative estimate of drug-likeness (QED) is 0.767. The third kappa shape index (κ3) is 1.97. The molecule has 0 fully saturated rings. The van der Waals surface area contributed by atoms with E-state index in [9.17, 15) is 5.11 Å². The number of aromatic hydroxyl groups is 1. The molecular weight excluding hydrogens is 208 g/mol. The maximum Gasteiger partial charge on any atom is 0.123 e. The van der Waals surface area contributed by atoms with E-state index in [1.807, 2.05) is 37.3 Å². The maximum atomic E-state index is 9.70. The van der Waals surface area contributed by atoms with Crippen molar-refractivity contribution in [2.45, 2.75) is 6.92 Å². The Hall–Kier alpha value is -1.47. The van der Waals surface area contributed by atoms with Crippen LogP contribution in [0.3, 0.4) is 0 Å². The van der Waals surface area contributed by atoms with Crippen molar-refractivity contribution in [2.24, 2.45) is 0 Å². The van der Waals surface area contributed by atoms with E-state index in [2.05, 4.69) is 0 Å². The molecule has 76 valence electrons. The maximum absolute atomic E-state index is 9.70. The van der Waals surface area contributed by atoms with Crippen molar-refractivity contribution < 1.29 is 5.11 Å². The van der Waals surface area contributed by atoms with Crippen LogP contribution in [0.1, 0.15) is 5.56 Å². The number of phenols is 1. The van der Waals surface area contributed by atoms with Gasteiger partial charge < -0.3 is 5.11 Å². The zero-order chi connectivity index (χ0) is 10.8. The van der Waals surface area contributed by atoms with E-state index >= 15 is 0 Å². The van der Waals surface area contributed by atoms with Crippen LogP contribution < -0.4 is 0 Å². The lowest BCUT2D eigenvalue weighted by molar-refractivity contribution is 0.477. The van der Waals surface area contributed by atoms with Crippen LogP contribution in [0, 0.1) is 6.92 Å². The van der Waals surface area contributed by atoms with Gasteiger partial charge in [0.25, 0.3) is 0 Å². The fourth-order valence-electron chi connectivity index (χ4n) is 1.54. The lowest BCUT2D eigenvalue weighted by atomic mass is 10.0. The largest absolute Gasteiger partial charge is 0.507 e. The molecule has 1 nitrogen and oxygen atoms in total. The van der Waals surface area contributed by atoms with Gasteiger partial charge in [-0.15, -0.1) is 0 Å². The smallest absolute Gasteiger partial charge is 0.123 e. The second kappa shape index (κ2) is 3.95. The zero-order valence-electron chi connectivity index (χ0n) is 8.37. The first-order chi connectivity index (χ1) is 7.18. The van der Waals surface area contributed by atoms with Crippen molar-refractivity contribution in [3.63, 3.8) is 0 Å². The van der Waals surface area contributed by atoms with Crippen molar-refractivity contribution in [3.8, 4) is 16.9 Å². The molecule has 0 radical (unpaired) electrons. The summed E-state index contributed by atoms with van der Waals surface area (Å²) in [5.74, 6) is 0.253. The highest BCUT2D eigenvalue weighted by molar-refractivity contribution is 6.33. The van der Waals surface area contributed by atoms with Gasteiger partial charge in [-0.1, -0.05) is 41.9 Å². The molecule has 0 saturated carbocycles. The molecule has 0 atom stereocenters. The highest BCUT2D eigenvalue weighted by Gasteiger charge is 2.06. The Kier molecular flexibility index (Phi) is 2.65. The van der Waals surface area contributed by atoms with Gasteiger partial charge in [-0.3, -0.25) is 0 Å². The first-order valence-electron chi connectivity index (χ1n) is 4.73. The van der Waals surface area contributed by atoms with Crippen molar-refractivity contribution >= 4 is 11.6 Å². The molecule has 0 aliphatic rings. The second-order valence-electron chi connectivity index (χ2n) is 3.50. The fourth-order valence-corrected chi connectivity index (χ4v) is 1.88. The predicted octanol–water partition coefficient (Wildman–Crippen LogP) is 4.02. The summed E-state index contributed by atoms with van der Waals surface area (Å²) in [5.41, 5.74) is 2.74. The van der Waals surface area contributed by atoms with Gasteiger partial charge in [0.05, 0.1) is 0 Å². The van der Waals surface area contributed by atoms with Gasteiger partial charge in [-0.25, -0.2) is 0 Å². The fraction of sp³-hybridized carbons (Fsp3) is 0.0769. The van der Waals surface area contributed by atoms with Crippen molar-refractivity contribution in [1.29, 1.82) is 0 Å². The van der Waals surface area contributed by atoms with Gasteiger partial charge in [-0.05, 0) is 24.6 Å². The van der Waals surface area contributed by atoms with Gasteiger partial charge in [-0.2, -0.15) is 0 Å². The Morgan fingerprint density at radius 3 is 2.40 bits per heavy atom. The molecule has 0 bridgehead atoms. The molecule has 2 aromatic rings. The summed E-state index contributed by atoms with van der Waals surface area (Å²) in [6.45, 7) is 1.99. The molecule has 0 saturated heterocycles. The van der Waals surface area contributed by atoms with Gasteiger partial charge in [0.15, 0.2) is 0 Å². The van der Waals surface area contributed by atoms with Crippen LogP contribution in [-0.2, 0) is 0 Å². The highest BCUT2D eigenvalue weighted by Crippen LogP contribution is 2.34. The summed E-state index contributed by atoms with van der Waals surface area (Å²) in [5, 5.41) is 10.4. The van der Waals surface area contributed by atoms with Crippen LogP contribution in [-0.4, -0.2) is 5.11 Å². The van der Waals surface area contributed by atoms with Gasteiger partial charge in [0, 0.05) is 16.1 Å². The summed E-state index contributed by atoms with van der Waals surface area (Å²) >= 11 is 6.12. The number of hydrogen-bond donors (Lipinski definition) is 1. The monoisotopic (exact) mass is 218 g/mol. The molecule has 0 amide bonds. The van der Waals surface area contributed by atoms with Gasteiger partial charge in [0.1, 0.15) is 5.75 Å². The molecule has 0 aromatic heterocycles. The number of benzene rings is 2. The summed E-state index contributed by atoms with van der Waals surface area (Å²) in [7, 11) is 0. The first-order valence-corrected chi connectivity index (χ1v) is 5.11. The normalized spacial score (nSPS) is 10.3. The number of aryl methyl sites for hydroxylation is 1. The number of phenolic OH excluding ortho intramolecular Hbond substituents is 1. The van der Waals surface area contributed by atoms with E-state index in [0.29, 0.717) is 5.02 Å². The standard InChI is InChI=1S/C13H11ClO/c1-9-6-7-10(12(14)8-9)11-4-2-3-5-13(11)15/h2-8,15H,1H3. The molecule has 0 unspecified atom stereocenters. The predicted molar refractivity (Wildman–Crippen MR) is 63.3 cm³/mol. The van der Waals surface area contributed by atoms with Crippen LogP contribution >= 0.6 is 11.6 Å².